The predicted molar refractivity (Wildman–Crippen MR) is 90.9 cm³/mol. The monoisotopic (exact) mass is 373 g/mol. The molecule has 0 radical (unpaired) electrons. The van der Waals surface area contributed by atoms with Crippen molar-refractivity contribution >= 4 is 51.4 Å². The molecule has 1 aromatic heterocycles. The molecule has 0 bridgehead atoms. The highest BCUT2D eigenvalue weighted by Gasteiger charge is 2.16. The van der Waals surface area contributed by atoms with Gasteiger partial charge in [0.15, 0.2) is 6.61 Å². The molecule has 0 atom stereocenters. The van der Waals surface area contributed by atoms with Gasteiger partial charge in [0.25, 0.3) is 5.91 Å². The van der Waals surface area contributed by atoms with E-state index in [1.54, 1.807) is 30.5 Å². The Morgan fingerprint density at radius 2 is 2.00 bits per heavy atom. The summed E-state index contributed by atoms with van der Waals surface area (Å²) in [4.78, 5) is 23.7. The lowest BCUT2D eigenvalue weighted by molar-refractivity contribution is -0.118. The third-order valence-corrected chi connectivity index (χ3v) is 4.24. The lowest BCUT2D eigenvalue weighted by atomic mass is 10.3. The van der Waals surface area contributed by atoms with Crippen LogP contribution in [0.1, 0.15) is 17.3 Å². The molecule has 8 heteroatoms. The second kappa shape index (κ2) is 8.19. The van der Waals surface area contributed by atoms with Crippen molar-refractivity contribution in [1.82, 2.24) is 0 Å². The fourth-order valence-electron chi connectivity index (χ4n) is 1.65. The van der Waals surface area contributed by atoms with Crippen molar-refractivity contribution in [2.45, 2.75) is 6.92 Å². The van der Waals surface area contributed by atoms with Crippen LogP contribution in [-0.2, 0) is 9.53 Å². The van der Waals surface area contributed by atoms with E-state index >= 15 is 0 Å². The van der Waals surface area contributed by atoms with Gasteiger partial charge in [0.05, 0.1) is 22.2 Å². The minimum absolute atomic E-state index is 0.224. The number of carbonyl (C=O) groups excluding carboxylic acids is 2. The van der Waals surface area contributed by atoms with Gasteiger partial charge in [0, 0.05) is 6.07 Å². The minimum atomic E-state index is -0.477. The van der Waals surface area contributed by atoms with Crippen LogP contribution in [0.3, 0.4) is 0 Å². The Balaban J connectivity index is 1.94. The van der Waals surface area contributed by atoms with Crippen molar-refractivity contribution in [3.05, 3.63) is 45.3 Å². The van der Waals surface area contributed by atoms with Crippen molar-refractivity contribution in [1.29, 1.82) is 0 Å². The fraction of sp³-hybridized carbons (Fsp3) is 0.200. The number of rotatable bonds is 6. The van der Waals surface area contributed by atoms with Crippen LogP contribution in [-0.4, -0.2) is 25.1 Å². The average Bonchev–Trinajstić information content (AvgIpc) is 2.97. The van der Waals surface area contributed by atoms with Crippen LogP contribution >= 0.6 is 34.5 Å². The van der Waals surface area contributed by atoms with Gasteiger partial charge in [0.1, 0.15) is 10.8 Å². The van der Waals surface area contributed by atoms with E-state index in [1.165, 1.54) is 17.4 Å². The summed E-state index contributed by atoms with van der Waals surface area (Å²) < 4.78 is 10.3. The molecule has 0 spiro atoms. The van der Waals surface area contributed by atoms with Gasteiger partial charge in [-0.25, -0.2) is 4.79 Å². The second-order valence-electron chi connectivity index (χ2n) is 4.30. The number of ether oxygens (including phenoxy) is 2. The Morgan fingerprint density at radius 3 is 2.70 bits per heavy atom. The third kappa shape index (κ3) is 4.86. The number of thiophene rings is 1. The van der Waals surface area contributed by atoms with Crippen LogP contribution in [0.2, 0.25) is 10.0 Å². The molecule has 2 rings (SSSR count). The molecule has 0 aliphatic carbocycles. The van der Waals surface area contributed by atoms with E-state index < -0.39 is 11.9 Å². The summed E-state index contributed by atoms with van der Waals surface area (Å²) >= 11 is 12.9. The lowest BCUT2D eigenvalue weighted by Crippen LogP contribution is -2.21. The molecule has 1 heterocycles. The predicted octanol–water partition coefficient (Wildman–Crippen LogP) is 4.25. The molecular formula is C15H13Cl2NO4S. The highest BCUT2D eigenvalue weighted by molar-refractivity contribution is 7.14. The summed E-state index contributed by atoms with van der Waals surface area (Å²) in [6.45, 7) is 1.76. The Labute approximate surface area is 147 Å². The standard InChI is InChI=1S/C15H13Cl2NO4S/c1-2-21-15(20)10-5-6-23-14(10)18-13(19)8-22-9-3-4-11(16)12(17)7-9/h3-7H,2,8H2,1H3,(H,18,19). The Bertz CT molecular complexity index is 717. The number of benzene rings is 1. The Hall–Kier alpha value is -1.76. The molecule has 0 saturated heterocycles. The van der Waals surface area contributed by atoms with Crippen LogP contribution in [0, 0.1) is 0 Å². The van der Waals surface area contributed by atoms with Gasteiger partial charge in [0.2, 0.25) is 0 Å². The molecular weight excluding hydrogens is 361 g/mol. The highest BCUT2D eigenvalue weighted by atomic mass is 35.5. The van der Waals surface area contributed by atoms with E-state index in [9.17, 15) is 9.59 Å². The van der Waals surface area contributed by atoms with Crippen molar-refractivity contribution in [2.75, 3.05) is 18.5 Å². The Morgan fingerprint density at radius 1 is 1.22 bits per heavy atom. The molecule has 1 amide bonds. The molecule has 0 saturated carbocycles. The van der Waals surface area contributed by atoms with E-state index in [0.717, 1.165) is 0 Å². The molecule has 122 valence electrons. The van der Waals surface area contributed by atoms with Gasteiger partial charge in [-0.3, -0.25) is 4.79 Å². The van der Waals surface area contributed by atoms with Crippen LogP contribution in [0.15, 0.2) is 29.6 Å². The first-order valence-corrected chi connectivity index (χ1v) is 8.27. The maximum Gasteiger partial charge on any atom is 0.341 e. The molecule has 1 N–H and O–H groups in total. The number of hydrogen-bond donors (Lipinski definition) is 1. The molecule has 1 aromatic carbocycles. The number of carbonyl (C=O) groups is 2. The lowest BCUT2D eigenvalue weighted by Gasteiger charge is -2.08. The molecule has 0 fully saturated rings. The van der Waals surface area contributed by atoms with E-state index in [2.05, 4.69) is 5.32 Å². The van der Waals surface area contributed by atoms with E-state index in [0.29, 0.717) is 26.4 Å². The van der Waals surface area contributed by atoms with E-state index in [-0.39, 0.29) is 13.2 Å². The molecule has 0 aliphatic heterocycles. The summed E-state index contributed by atoms with van der Waals surface area (Å²) in [5, 5.41) is 5.48. The number of amides is 1. The number of anilines is 1. The Kier molecular flexibility index (Phi) is 6.27. The molecule has 23 heavy (non-hydrogen) atoms. The summed E-state index contributed by atoms with van der Waals surface area (Å²) in [5.41, 5.74) is 0.319. The van der Waals surface area contributed by atoms with Crippen molar-refractivity contribution in [3.63, 3.8) is 0 Å². The van der Waals surface area contributed by atoms with Crippen molar-refractivity contribution in [2.24, 2.45) is 0 Å². The summed E-state index contributed by atoms with van der Waals surface area (Å²) in [6.07, 6.45) is 0. The molecule has 0 aliphatic rings. The van der Waals surface area contributed by atoms with Crippen LogP contribution in [0.25, 0.3) is 0 Å². The number of hydrogen-bond acceptors (Lipinski definition) is 5. The maximum absolute atomic E-state index is 11.9. The summed E-state index contributed by atoms with van der Waals surface area (Å²) in [5.74, 6) is -0.454. The SMILES string of the molecule is CCOC(=O)c1ccsc1NC(=O)COc1ccc(Cl)c(Cl)c1. The van der Waals surface area contributed by atoms with E-state index in [1.807, 2.05) is 0 Å². The topological polar surface area (TPSA) is 64.6 Å². The zero-order valence-electron chi connectivity index (χ0n) is 12.1. The number of esters is 1. The first-order valence-electron chi connectivity index (χ1n) is 6.63. The molecule has 5 nitrogen and oxygen atoms in total. The quantitative estimate of drug-likeness (QED) is 0.768. The number of halogens is 2. The zero-order valence-corrected chi connectivity index (χ0v) is 14.4. The summed E-state index contributed by atoms with van der Waals surface area (Å²) in [6, 6.07) is 6.30. The zero-order chi connectivity index (χ0) is 16.8. The first kappa shape index (κ1) is 17.6. The van der Waals surface area contributed by atoms with Gasteiger partial charge in [-0.1, -0.05) is 23.2 Å². The molecule has 0 unspecified atom stereocenters. The van der Waals surface area contributed by atoms with Gasteiger partial charge in [-0.2, -0.15) is 0 Å². The normalized spacial score (nSPS) is 10.2. The smallest absolute Gasteiger partial charge is 0.341 e. The number of nitrogens with one attached hydrogen (secondary N) is 1. The summed E-state index contributed by atoms with van der Waals surface area (Å²) in [7, 11) is 0. The second-order valence-corrected chi connectivity index (χ2v) is 6.03. The maximum atomic E-state index is 11.9. The first-order chi connectivity index (χ1) is 11.0. The van der Waals surface area contributed by atoms with Crippen LogP contribution in [0.5, 0.6) is 5.75 Å². The molecule has 2 aromatic rings. The van der Waals surface area contributed by atoms with Crippen molar-refractivity contribution in [3.8, 4) is 5.75 Å². The van der Waals surface area contributed by atoms with Gasteiger partial charge in [-0.15, -0.1) is 11.3 Å². The van der Waals surface area contributed by atoms with E-state index in [4.69, 9.17) is 32.7 Å². The highest BCUT2D eigenvalue weighted by Crippen LogP contribution is 2.27. The van der Waals surface area contributed by atoms with Crippen LogP contribution < -0.4 is 10.1 Å². The third-order valence-electron chi connectivity index (χ3n) is 2.67. The van der Waals surface area contributed by atoms with Crippen LogP contribution in [0.4, 0.5) is 5.00 Å². The average molecular weight is 374 g/mol. The minimum Gasteiger partial charge on any atom is -0.484 e. The van der Waals surface area contributed by atoms with Crippen molar-refractivity contribution < 1.29 is 19.1 Å². The van der Waals surface area contributed by atoms with Gasteiger partial charge in [-0.05, 0) is 30.5 Å². The largest absolute Gasteiger partial charge is 0.484 e. The van der Waals surface area contributed by atoms with Gasteiger partial charge >= 0.3 is 5.97 Å². The fourth-order valence-corrected chi connectivity index (χ4v) is 2.73. The van der Waals surface area contributed by atoms with Gasteiger partial charge < -0.3 is 14.8 Å².